The Morgan fingerprint density at radius 1 is 1.28 bits per heavy atom. The molecule has 5 heteroatoms. The van der Waals surface area contributed by atoms with Crippen molar-refractivity contribution in [3.05, 3.63) is 42.1 Å². The molecule has 0 saturated carbocycles. The largest absolute Gasteiger partial charge is 0.326 e. The summed E-state index contributed by atoms with van der Waals surface area (Å²) in [6, 6.07) is 10.1. The fraction of sp³-hybridized carbons (Fsp3) is 0.231. The van der Waals surface area contributed by atoms with E-state index in [4.69, 9.17) is 5.84 Å². The van der Waals surface area contributed by atoms with Gasteiger partial charge in [0.25, 0.3) is 0 Å². The van der Waals surface area contributed by atoms with Gasteiger partial charge in [-0.25, -0.2) is 10.8 Å². The molecule has 0 bridgehead atoms. The maximum atomic E-state index is 5.36. The molecule has 0 spiro atoms. The van der Waals surface area contributed by atoms with Gasteiger partial charge in [0.1, 0.15) is 5.82 Å². The number of rotatable bonds is 4. The molecule has 5 nitrogen and oxygen atoms in total. The van der Waals surface area contributed by atoms with E-state index < -0.39 is 0 Å². The number of benzene rings is 1. The molecule has 18 heavy (non-hydrogen) atoms. The molecule has 0 aliphatic rings. The number of hydrogen-bond acceptors (Lipinski definition) is 5. The fourth-order valence-corrected chi connectivity index (χ4v) is 1.84. The first-order chi connectivity index (χ1) is 8.76. The standard InChI is InChI=1S/C13H17N5/c1-3-18(11-7-5-4-6-8-11)12-10(2)9-15-13(16-12)17-14/h4-9H,3,14H2,1-2H3,(H,15,16,17). The second-order valence-electron chi connectivity index (χ2n) is 3.92. The topological polar surface area (TPSA) is 67.1 Å². The van der Waals surface area contributed by atoms with Crippen molar-refractivity contribution < 1.29 is 0 Å². The van der Waals surface area contributed by atoms with E-state index in [-0.39, 0.29) is 0 Å². The lowest BCUT2D eigenvalue weighted by molar-refractivity contribution is 0.960. The van der Waals surface area contributed by atoms with Crippen LogP contribution in [0.2, 0.25) is 0 Å². The van der Waals surface area contributed by atoms with Crippen molar-refractivity contribution in [1.82, 2.24) is 9.97 Å². The maximum Gasteiger partial charge on any atom is 0.239 e. The van der Waals surface area contributed by atoms with Gasteiger partial charge in [-0.1, -0.05) is 18.2 Å². The van der Waals surface area contributed by atoms with E-state index in [1.54, 1.807) is 6.20 Å². The zero-order chi connectivity index (χ0) is 13.0. The Labute approximate surface area is 107 Å². The van der Waals surface area contributed by atoms with Gasteiger partial charge in [-0.3, -0.25) is 5.43 Å². The van der Waals surface area contributed by atoms with Crippen molar-refractivity contribution in [2.75, 3.05) is 16.9 Å². The van der Waals surface area contributed by atoms with E-state index in [1.165, 1.54) is 0 Å². The van der Waals surface area contributed by atoms with Crippen LogP contribution in [0.25, 0.3) is 0 Å². The predicted octanol–water partition coefficient (Wildman–Crippen LogP) is 2.23. The molecule has 0 amide bonds. The number of hydrogen-bond donors (Lipinski definition) is 2. The number of nitrogens with zero attached hydrogens (tertiary/aromatic N) is 3. The summed E-state index contributed by atoms with van der Waals surface area (Å²) in [4.78, 5) is 10.6. The fourth-order valence-electron chi connectivity index (χ4n) is 1.84. The lowest BCUT2D eigenvalue weighted by Crippen LogP contribution is -2.20. The summed E-state index contributed by atoms with van der Waals surface area (Å²) in [5.74, 6) is 6.64. The molecule has 0 aliphatic heterocycles. The van der Waals surface area contributed by atoms with E-state index >= 15 is 0 Å². The maximum absolute atomic E-state index is 5.36. The Morgan fingerprint density at radius 2 is 2.00 bits per heavy atom. The highest BCUT2D eigenvalue weighted by molar-refractivity contribution is 5.63. The monoisotopic (exact) mass is 243 g/mol. The molecular weight excluding hydrogens is 226 g/mol. The molecular formula is C13H17N5. The highest BCUT2D eigenvalue weighted by Crippen LogP contribution is 2.26. The summed E-state index contributed by atoms with van der Waals surface area (Å²) in [7, 11) is 0. The Hall–Kier alpha value is -2.14. The number of anilines is 3. The van der Waals surface area contributed by atoms with Crippen molar-refractivity contribution in [3.8, 4) is 0 Å². The van der Waals surface area contributed by atoms with Crippen LogP contribution < -0.4 is 16.2 Å². The van der Waals surface area contributed by atoms with Crippen molar-refractivity contribution in [2.45, 2.75) is 13.8 Å². The van der Waals surface area contributed by atoms with Crippen LogP contribution in [0.3, 0.4) is 0 Å². The Kier molecular flexibility index (Phi) is 3.74. The van der Waals surface area contributed by atoms with E-state index in [0.29, 0.717) is 5.95 Å². The summed E-state index contributed by atoms with van der Waals surface area (Å²) < 4.78 is 0. The number of nitrogen functional groups attached to an aromatic ring is 1. The van der Waals surface area contributed by atoms with Crippen LogP contribution in [0.4, 0.5) is 17.5 Å². The molecule has 0 atom stereocenters. The number of aromatic nitrogens is 2. The highest BCUT2D eigenvalue weighted by atomic mass is 15.3. The second-order valence-corrected chi connectivity index (χ2v) is 3.92. The minimum Gasteiger partial charge on any atom is -0.326 e. The van der Waals surface area contributed by atoms with Crippen molar-refractivity contribution >= 4 is 17.5 Å². The summed E-state index contributed by atoms with van der Waals surface area (Å²) in [6.45, 7) is 4.90. The zero-order valence-corrected chi connectivity index (χ0v) is 10.6. The molecule has 0 radical (unpaired) electrons. The van der Waals surface area contributed by atoms with Crippen LogP contribution in [0.15, 0.2) is 36.5 Å². The smallest absolute Gasteiger partial charge is 0.239 e. The number of aryl methyl sites for hydroxylation is 1. The molecule has 0 unspecified atom stereocenters. The van der Waals surface area contributed by atoms with Gasteiger partial charge in [0.2, 0.25) is 5.95 Å². The number of para-hydroxylation sites is 1. The van der Waals surface area contributed by atoms with Crippen molar-refractivity contribution in [2.24, 2.45) is 5.84 Å². The van der Waals surface area contributed by atoms with Gasteiger partial charge in [-0.2, -0.15) is 4.98 Å². The first kappa shape index (κ1) is 12.3. The normalized spacial score (nSPS) is 10.2. The molecule has 1 aromatic heterocycles. The van der Waals surface area contributed by atoms with Gasteiger partial charge >= 0.3 is 0 Å². The average Bonchev–Trinajstić information content (AvgIpc) is 2.43. The van der Waals surface area contributed by atoms with Gasteiger partial charge in [0.05, 0.1) is 0 Å². The third-order valence-electron chi connectivity index (χ3n) is 2.71. The highest BCUT2D eigenvalue weighted by Gasteiger charge is 2.12. The van der Waals surface area contributed by atoms with Crippen LogP contribution >= 0.6 is 0 Å². The summed E-state index contributed by atoms with van der Waals surface area (Å²) >= 11 is 0. The van der Waals surface area contributed by atoms with E-state index in [1.807, 2.05) is 25.1 Å². The lowest BCUT2D eigenvalue weighted by atomic mass is 10.2. The molecule has 3 N–H and O–H groups in total. The molecule has 94 valence electrons. The number of nitrogens with one attached hydrogen (secondary N) is 1. The Morgan fingerprint density at radius 3 is 2.61 bits per heavy atom. The van der Waals surface area contributed by atoms with Crippen LogP contribution in [-0.4, -0.2) is 16.5 Å². The number of nitrogens with two attached hydrogens (primary N) is 1. The summed E-state index contributed by atoms with van der Waals surface area (Å²) in [5.41, 5.74) is 4.59. The molecule has 0 saturated heterocycles. The van der Waals surface area contributed by atoms with Gasteiger partial charge < -0.3 is 4.90 Å². The van der Waals surface area contributed by atoms with Crippen LogP contribution in [0, 0.1) is 6.92 Å². The van der Waals surface area contributed by atoms with Crippen molar-refractivity contribution in [3.63, 3.8) is 0 Å². The summed E-state index contributed by atoms with van der Waals surface area (Å²) in [5, 5.41) is 0. The van der Waals surface area contributed by atoms with Crippen LogP contribution in [-0.2, 0) is 0 Å². The second kappa shape index (κ2) is 5.46. The van der Waals surface area contributed by atoms with Crippen molar-refractivity contribution in [1.29, 1.82) is 0 Å². The van der Waals surface area contributed by atoms with Crippen LogP contribution in [0.1, 0.15) is 12.5 Å². The zero-order valence-electron chi connectivity index (χ0n) is 10.6. The summed E-state index contributed by atoms with van der Waals surface area (Å²) in [6.07, 6.45) is 1.77. The molecule has 1 aromatic carbocycles. The predicted molar refractivity (Wildman–Crippen MR) is 73.7 cm³/mol. The van der Waals surface area contributed by atoms with E-state index in [2.05, 4.69) is 39.4 Å². The minimum absolute atomic E-state index is 0.421. The minimum atomic E-state index is 0.421. The molecule has 1 heterocycles. The van der Waals surface area contributed by atoms with E-state index in [0.717, 1.165) is 23.6 Å². The first-order valence-electron chi connectivity index (χ1n) is 5.89. The third kappa shape index (κ3) is 2.41. The number of hydrazine groups is 1. The third-order valence-corrected chi connectivity index (χ3v) is 2.71. The van der Waals surface area contributed by atoms with Crippen LogP contribution in [0.5, 0.6) is 0 Å². The van der Waals surface area contributed by atoms with E-state index in [9.17, 15) is 0 Å². The average molecular weight is 243 g/mol. The van der Waals surface area contributed by atoms with Gasteiger partial charge in [0, 0.05) is 24.0 Å². The SMILES string of the molecule is CCN(c1ccccc1)c1nc(NN)ncc1C. The first-order valence-corrected chi connectivity index (χ1v) is 5.89. The molecule has 2 aromatic rings. The quantitative estimate of drug-likeness (QED) is 0.636. The molecule has 0 fully saturated rings. The molecule has 0 aliphatic carbocycles. The Balaban J connectivity index is 2.44. The van der Waals surface area contributed by atoms with Gasteiger partial charge in [0.15, 0.2) is 0 Å². The lowest BCUT2D eigenvalue weighted by Gasteiger charge is -2.23. The van der Waals surface area contributed by atoms with Gasteiger partial charge in [-0.15, -0.1) is 0 Å². The Bertz CT molecular complexity index is 512. The van der Waals surface area contributed by atoms with Gasteiger partial charge in [-0.05, 0) is 26.0 Å². The molecule has 2 rings (SSSR count).